The number of ketones is 1. The molecule has 0 atom stereocenters. The molecule has 8 nitrogen and oxygen atoms in total. The molecule has 0 saturated carbocycles. The van der Waals surface area contributed by atoms with Gasteiger partial charge in [0.05, 0.1) is 40.4 Å². The van der Waals surface area contributed by atoms with Gasteiger partial charge >= 0.3 is 85.5 Å². The fraction of sp³-hybridized carbons (Fsp3) is 0.0600. The van der Waals surface area contributed by atoms with Gasteiger partial charge in [-0.05, 0) is 120 Å². The molecular weight excluding hydrogens is 1110 g/mol. The molecule has 0 radical (unpaired) electrons. The third-order valence-corrected chi connectivity index (χ3v) is 8.93. The number of pyridine rings is 5. The normalized spacial score (nSPS) is 12.7. The fourth-order valence-corrected chi connectivity index (χ4v) is 6.42. The van der Waals surface area contributed by atoms with E-state index in [1.54, 1.807) is 24.8 Å². The Kier molecular flexibility index (Phi) is 18.3. The number of imidazole rings is 1. The summed E-state index contributed by atoms with van der Waals surface area (Å²) in [5.74, 6) is 1.06. The Morgan fingerprint density at radius 3 is 1.04 bits per heavy atom. The molecule has 0 amide bonds. The largest absolute Gasteiger partial charge is 2.00 e. The number of aromatic nitrogens is 7. The monoisotopic (exact) mass is 1150 g/mol. The van der Waals surface area contributed by atoms with Crippen LogP contribution in [0.25, 0.3) is 66.9 Å². The van der Waals surface area contributed by atoms with Crippen LogP contribution in [0.5, 0.6) is 0 Å². The maximum atomic E-state index is 9.87. The summed E-state index contributed by atoms with van der Waals surface area (Å²) < 4.78 is 121. The zero-order valence-electron chi connectivity index (χ0n) is 38.1. The summed E-state index contributed by atoms with van der Waals surface area (Å²) in [6, 6.07) is 57.0. The third kappa shape index (κ3) is 22.9. The van der Waals surface area contributed by atoms with Crippen molar-refractivity contribution in [3.05, 3.63) is 206 Å². The van der Waals surface area contributed by atoms with Gasteiger partial charge in [-0.1, -0.05) is 91.0 Å². The average molecular weight is 1150 g/mol. The number of carbonyl (C=O) groups is 1. The van der Waals surface area contributed by atoms with E-state index >= 15 is 0 Å². The van der Waals surface area contributed by atoms with Crippen LogP contribution in [0.3, 0.4) is 0 Å². The van der Waals surface area contributed by atoms with E-state index in [2.05, 4.69) is 102 Å². The van der Waals surface area contributed by atoms with Gasteiger partial charge in [-0.15, -0.1) is 0 Å². The average Bonchev–Trinajstić information content (AvgIpc) is 3.69. The Morgan fingerprint density at radius 1 is 0.425 bits per heavy atom. The zero-order chi connectivity index (χ0) is 52.8. The van der Waals surface area contributed by atoms with Gasteiger partial charge < -0.3 is 9.36 Å². The van der Waals surface area contributed by atoms with Crippen LogP contribution in [0, 0.1) is 0 Å². The maximum absolute atomic E-state index is 10.7. The zero-order valence-corrected chi connectivity index (χ0v) is 41.6. The van der Waals surface area contributed by atoms with Crippen LogP contribution in [0.2, 0.25) is 0 Å². The maximum Gasteiger partial charge on any atom is 2.00 e. The van der Waals surface area contributed by atoms with Crippen molar-refractivity contribution in [3.8, 4) is 34.3 Å². The third-order valence-electron chi connectivity index (χ3n) is 8.93. The summed E-state index contributed by atoms with van der Waals surface area (Å²) in [5.41, 5.74) is 7.97. The Balaban J connectivity index is 0.000000223. The molecule has 4 aromatic carbocycles. The molecule has 6 heterocycles. The number of rotatable bonds is 5. The van der Waals surface area contributed by atoms with Gasteiger partial charge in [0.2, 0.25) is 0 Å². The first-order valence-corrected chi connectivity index (χ1v) is 25.0. The van der Waals surface area contributed by atoms with Gasteiger partial charge in [0, 0.05) is 31.0 Å². The molecule has 6 aromatic heterocycles. The van der Waals surface area contributed by atoms with Crippen molar-refractivity contribution in [2.45, 2.75) is 20.4 Å². The molecule has 0 saturated heterocycles. The minimum Gasteiger partial charge on any atom is -0.318 e. The molecular formula is C50H41F12N7OP2Ru. The van der Waals surface area contributed by atoms with Crippen LogP contribution in [-0.4, -0.2) is 40.3 Å². The van der Waals surface area contributed by atoms with E-state index in [-0.39, 0.29) is 25.3 Å². The van der Waals surface area contributed by atoms with E-state index in [9.17, 15) is 55.2 Å². The second kappa shape index (κ2) is 22.8. The van der Waals surface area contributed by atoms with Gasteiger partial charge in [-0.25, -0.2) is 4.98 Å². The Labute approximate surface area is 422 Å². The summed E-state index contributed by atoms with van der Waals surface area (Å²) >= 11 is 0. The Bertz CT molecular complexity index is 3100. The SMILES string of the molecule is CC(C)=O.F[P-](F)(F)(F)(F)F.F[P-](F)(F)(F)(F)F.[Ru+2].c1ccc(-c2ccccn2)nc1.c1ccc(-c2ccccn2)nc1.c1ccc(-c2nc3ccccc3n2Cc2c3ccccc3cc3ccccc23)nc1. The predicted molar refractivity (Wildman–Crippen MR) is 262 cm³/mol. The first kappa shape index (κ1) is 58.5. The number of hydrogen-bond donors (Lipinski definition) is 0. The van der Waals surface area contributed by atoms with Crippen LogP contribution in [0.4, 0.5) is 50.4 Å². The second-order valence-electron chi connectivity index (χ2n) is 15.2. The Morgan fingerprint density at radius 2 is 0.712 bits per heavy atom. The van der Waals surface area contributed by atoms with Gasteiger partial charge in [0.25, 0.3) is 0 Å². The van der Waals surface area contributed by atoms with Gasteiger partial charge in [-0.2, -0.15) is 0 Å². The molecule has 73 heavy (non-hydrogen) atoms. The number of nitrogens with zero attached hydrogens (tertiary/aromatic N) is 7. The summed E-state index contributed by atoms with van der Waals surface area (Å²) in [4.78, 5) is 35.7. The van der Waals surface area contributed by atoms with Crippen LogP contribution < -0.4 is 0 Å². The van der Waals surface area contributed by atoms with E-state index < -0.39 is 15.6 Å². The van der Waals surface area contributed by atoms with Crippen molar-refractivity contribution in [2.24, 2.45) is 0 Å². The predicted octanol–water partition coefficient (Wildman–Crippen LogP) is 18.1. The molecule has 0 fully saturated rings. The van der Waals surface area contributed by atoms with E-state index in [1.165, 1.54) is 41.0 Å². The van der Waals surface area contributed by atoms with Gasteiger partial charge in [-0.3, -0.25) is 24.9 Å². The van der Waals surface area contributed by atoms with Crippen molar-refractivity contribution < 1.29 is 74.6 Å². The summed E-state index contributed by atoms with van der Waals surface area (Å²) in [5, 5.41) is 5.08. The molecule has 0 unspecified atom stereocenters. The number of halogens is 12. The molecule has 0 spiro atoms. The van der Waals surface area contributed by atoms with Crippen LogP contribution in [0.15, 0.2) is 201 Å². The first-order valence-electron chi connectivity index (χ1n) is 21.0. The van der Waals surface area contributed by atoms with E-state index in [0.29, 0.717) is 0 Å². The van der Waals surface area contributed by atoms with Gasteiger partial charge in [0.15, 0.2) is 5.82 Å². The standard InChI is InChI=1S/C27H19N3.2C10H8N2.C3H6O.2F6P.Ru/c1-3-11-21-19(9-1)17-20-10-2-4-12-22(20)23(21)18-30-26-15-6-5-13-24(26)29-27(30)25-14-7-8-16-28-25;2*1-3-7-11-9(5-1)10-6-2-4-8-12-10;1-3(2)4;2*1-7(2,3,4,5)6;/h1-17H,18H2;2*1-8H;1-2H3;;;/q;;;;2*-1;+2. The second-order valence-corrected chi connectivity index (χ2v) is 19.0. The van der Waals surface area contributed by atoms with Crippen LogP contribution in [0.1, 0.15) is 19.4 Å². The molecule has 10 rings (SSSR count). The van der Waals surface area contributed by atoms with Crippen LogP contribution in [-0.2, 0) is 30.8 Å². The summed E-state index contributed by atoms with van der Waals surface area (Å²) in [7, 11) is -21.3. The van der Waals surface area contributed by atoms with E-state index in [4.69, 9.17) is 4.98 Å². The van der Waals surface area contributed by atoms with Crippen LogP contribution >= 0.6 is 15.6 Å². The quantitative estimate of drug-likeness (QED) is 0.0732. The molecule has 23 heteroatoms. The number of benzene rings is 4. The molecule has 0 N–H and O–H groups in total. The van der Waals surface area contributed by atoms with Crippen molar-refractivity contribution in [3.63, 3.8) is 0 Å². The summed E-state index contributed by atoms with van der Waals surface area (Å²) in [6.45, 7) is 3.79. The van der Waals surface area contributed by atoms with Crippen molar-refractivity contribution >= 4 is 54.0 Å². The van der Waals surface area contributed by atoms with Gasteiger partial charge in [0.1, 0.15) is 11.5 Å². The molecule has 0 aliphatic carbocycles. The first-order chi connectivity index (χ1) is 33.4. The van der Waals surface area contributed by atoms with Crippen molar-refractivity contribution in [2.75, 3.05) is 0 Å². The number of carbonyl (C=O) groups excluding carboxylic acids is 1. The number of fused-ring (bicyclic) bond motifs is 3. The minimum atomic E-state index is -10.7. The molecule has 384 valence electrons. The minimum absolute atomic E-state index is 0. The topological polar surface area (TPSA) is 99.3 Å². The van der Waals surface area contributed by atoms with Crippen molar-refractivity contribution in [1.82, 2.24) is 34.5 Å². The molecule has 0 aliphatic rings. The molecule has 0 bridgehead atoms. The smallest absolute Gasteiger partial charge is 0.318 e. The van der Waals surface area contributed by atoms with E-state index in [1.807, 2.05) is 103 Å². The molecule has 10 aromatic rings. The summed E-state index contributed by atoms with van der Waals surface area (Å²) in [6.07, 6.45) is 8.90. The molecule has 0 aliphatic heterocycles. The number of hydrogen-bond acceptors (Lipinski definition) is 7. The number of Topliss-reactive ketones (excluding diaryl/α,β-unsaturated/α-hetero) is 1. The van der Waals surface area contributed by atoms with Crippen molar-refractivity contribution in [1.29, 1.82) is 0 Å². The Hall–Kier alpha value is -7.07. The van der Waals surface area contributed by atoms with E-state index in [0.717, 1.165) is 51.9 Å². The number of para-hydroxylation sites is 2. The fourth-order valence-electron chi connectivity index (χ4n) is 6.42.